The zero-order valence-corrected chi connectivity index (χ0v) is 11.0. The van der Waals surface area contributed by atoms with Crippen molar-refractivity contribution in [3.8, 4) is 11.8 Å². The Hall–Kier alpha value is -2.59. The van der Waals surface area contributed by atoms with Gasteiger partial charge in [-0.25, -0.2) is 4.79 Å². The number of methoxy groups -OCH3 is 1. The lowest BCUT2D eigenvalue weighted by Gasteiger charge is -2.07. The number of imide groups is 1. The van der Waals surface area contributed by atoms with Gasteiger partial charge >= 0.3 is 6.03 Å². The lowest BCUT2D eigenvalue weighted by molar-refractivity contribution is -0.122. The molecule has 1 aromatic carbocycles. The predicted molar refractivity (Wildman–Crippen MR) is 70.1 cm³/mol. The zero-order valence-electron chi connectivity index (χ0n) is 11.0. The minimum atomic E-state index is -0.601. The Balaban J connectivity index is 2.28. The van der Waals surface area contributed by atoms with Crippen LogP contribution >= 0.6 is 0 Å². The number of urea groups is 1. The second-order valence-corrected chi connectivity index (χ2v) is 3.72. The number of ether oxygens (including phenoxy) is 2. The fourth-order valence-corrected chi connectivity index (χ4v) is 1.25. The summed E-state index contributed by atoms with van der Waals surface area (Å²) in [4.78, 5) is 22.6. The molecule has 0 atom stereocenters. The molecule has 7 nitrogen and oxygen atoms in total. The van der Waals surface area contributed by atoms with Crippen molar-refractivity contribution in [1.82, 2.24) is 10.6 Å². The second kappa shape index (κ2) is 8.50. The third-order valence-electron chi connectivity index (χ3n) is 2.20. The van der Waals surface area contributed by atoms with Crippen molar-refractivity contribution in [2.24, 2.45) is 0 Å². The summed E-state index contributed by atoms with van der Waals surface area (Å²) in [6.45, 7) is 0.388. The number of amides is 3. The largest absolute Gasteiger partial charge is 0.484 e. The number of nitrogens with zero attached hydrogens (tertiary/aromatic N) is 1. The van der Waals surface area contributed by atoms with Gasteiger partial charge in [-0.15, -0.1) is 0 Å². The minimum Gasteiger partial charge on any atom is -0.484 e. The predicted octanol–water partition coefficient (Wildman–Crippen LogP) is 0.409. The van der Waals surface area contributed by atoms with Crippen LogP contribution in [-0.2, 0) is 9.53 Å². The van der Waals surface area contributed by atoms with E-state index in [9.17, 15) is 9.59 Å². The van der Waals surface area contributed by atoms with Gasteiger partial charge in [-0.2, -0.15) is 5.26 Å². The van der Waals surface area contributed by atoms with Crippen molar-refractivity contribution in [2.75, 3.05) is 26.9 Å². The van der Waals surface area contributed by atoms with E-state index in [1.165, 1.54) is 7.11 Å². The summed E-state index contributed by atoms with van der Waals surface area (Å²) >= 11 is 0. The first-order chi connectivity index (χ1) is 9.65. The molecule has 0 fully saturated rings. The smallest absolute Gasteiger partial charge is 0.321 e. The number of nitriles is 1. The van der Waals surface area contributed by atoms with Crippen molar-refractivity contribution >= 4 is 11.9 Å². The summed E-state index contributed by atoms with van der Waals surface area (Å²) < 4.78 is 9.91. The number of nitrogens with one attached hydrogen (secondary N) is 2. The van der Waals surface area contributed by atoms with Gasteiger partial charge in [0.1, 0.15) is 5.75 Å². The third-order valence-corrected chi connectivity index (χ3v) is 2.20. The summed E-state index contributed by atoms with van der Waals surface area (Å²) in [7, 11) is 1.51. The first-order valence-electron chi connectivity index (χ1n) is 5.85. The molecule has 0 aliphatic heterocycles. The second-order valence-electron chi connectivity index (χ2n) is 3.72. The molecule has 106 valence electrons. The van der Waals surface area contributed by atoms with Crippen LogP contribution in [0.2, 0.25) is 0 Å². The first-order valence-corrected chi connectivity index (χ1v) is 5.85. The van der Waals surface area contributed by atoms with Gasteiger partial charge in [-0.1, -0.05) is 0 Å². The Morgan fingerprint density at radius 3 is 2.60 bits per heavy atom. The molecule has 0 saturated carbocycles. The van der Waals surface area contributed by atoms with Gasteiger partial charge in [-0.3, -0.25) is 10.1 Å². The van der Waals surface area contributed by atoms with Crippen molar-refractivity contribution in [1.29, 1.82) is 5.26 Å². The highest BCUT2D eigenvalue weighted by atomic mass is 16.5. The maximum atomic E-state index is 11.4. The minimum absolute atomic E-state index is 0.288. The fraction of sp³-hybridized carbons (Fsp3) is 0.308. The quantitative estimate of drug-likeness (QED) is 0.733. The molecule has 0 unspecified atom stereocenters. The van der Waals surface area contributed by atoms with Gasteiger partial charge in [0.05, 0.1) is 18.2 Å². The monoisotopic (exact) mass is 277 g/mol. The highest BCUT2D eigenvalue weighted by Crippen LogP contribution is 2.10. The van der Waals surface area contributed by atoms with E-state index in [-0.39, 0.29) is 6.61 Å². The lowest BCUT2D eigenvalue weighted by atomic mass is 10.2. The van der Waals surface area contributed by atoms with Crippen LogP contribution in [0.4, 0.5) is 4.79 Å². The maximum absolute atomic E-state index is 11.4. The van der Waals surface area contributed by atoms with Crippen molar-refractivity contribution in [3.63, 3.8) is 0 Å². The van der Waals surface area contributed by atoms with Crippen LogP contribution < -0.4 is 15.4 Å². The van der Waals surface area contributed by atoms with E-state index >= 15 is 0 Å². The topological polar surface area (TPSA) is 100 Å². The molecule has 7 heteroatoms. The third kappa shape index (κ3) is 5.84. The van der Waals surface area contributed by atoms with E-state index in [0.717, 1.165) is 0 Å². The molecular weight excluding hydrogens is 262 g/mol. The van der Waals surface area contributed by atoms with Gasteiger partial charge in [0.25, 0.3) is 5.91 Å². The van der Waals surface area contributed by atoms with Gasteiger partial charge in [0.15, 0.2) is 6.61 Å². The van der Waals surface area contributed by atoms with Crippen LogP contribution in [-0.4, -0.2) is 38.8 Å². The number of hydrogen-bond acceptors (Lipinski definition) is 5. The average Bonchev–Trinajstić information content (AvgIpc) is 2.46. The highest BCUT2D eigenvalue weighted by Gasteiger charge is 2.07. The molecule has 0 bridgehead atoms. The molecule has 3 amide bonds. The van der Waals surface area contributed by atoms with Crippen molar-refractivity contribution < 1.29 is 19.1 Å². The highest BCUT2D eigenvalue weighted by molar-refractivity contribution is 5.94. The molecule has 0 saturated heterocycles. The molecule has 1 rings (SSSR count). The summed E-state index contributed by atoms with van der Waals surface area (Å²) in [6, 6.07) is 7.67. The molecular formula is C13H15N3O4. The van der Waals surface area contributed by atoms with Crippen LogP contribution in [0.5, 0.6) is 5.75 Å². The summed E-state index contributed by atoms with van der Waals surface area (Å²) in [5, 5.41) is 13.2. The van der Waals surface area contributed by atoms with Crippen molar-refractivity contribution in [2.45, 2.75) is 0 Å². The standard InChI is InChI=1S/C13H15N3O4/c1-19-7-6-15-13(18)16-12(17)9-20-11-4-2-10(8-14)3-5-11/h2-5H,6-7,9H2,1H3,(H2,15,16,17,18). The lowest BCUT2D eigenvalue weighted by Crippen LogP contribution is -2.42. The van der Waals surface area contributed by atoms with E-state index in [2.05, 4.69) is 10.6 Å². The van der Waals surface area contributed by atoms with Gasteiger partial charge in [0, 0.05) is 13.7 Å². The molecule has 0 heterocycles. The Bertz CT molecular complexity index is 493. The molecule has 20 heavy (non-hydrogen) atoms. The summed E-state index contributed by atoms with van der Waals surface area (Å²) in [6.07, 6.45) is 0. The van der Waals surface area contributed by atoms with Gasteiger partial charge in [0.2, 0.25) is 0 Å². The number of carbonyl (C=O) groups excluding carboxylic acids is 2. The molecule has 0 aliphatic rings. The Kier molecular flexibility index (Phi) is 6.57. The normalized spacial score (nSPS) is 9.40. The van der Waals surface area contributed by atoms with Crippen LogP contribution in [0.1, 0.15) is 5.56 Å². The van der Waals surface area contributed by atoms with E-state index < -0.39 is 11.9 Å². The molecule has 0 radical (unpaired) electrons. The summed E-state index contributed by atoms with van der Waals surface area (Å²) in [5.74, 6) is -0.122. The average molecular weight is 277 g/mol. The Morgan fingerprint density at radius 1 is 1.30 bits per heavy atom. The first kappa shape index (κ1) is 15.5. The number of hydrogen-bond donors (Lipinski definition) is 2. The van der Waals surface area contributed by atoms with Gasteiger partial charge in [-0.05, 0) is 24.3 Å². The van der Waals surface area contributed by atoms with E-state index in [1.807, 2.05) is 6.07 Å². The fourth-order valence-electron chi connectivity index (χ4n) is 1.25. The van der Waals surface area contributed by atoms with Gasteiger partial charge < -0.3 is 14.8 Å². The van der Waals surface area contributed by atoms with E-state index in [0.29, 0.717) is 24.5 Å². The zero-order chi connectivity index (χ0) is 14.8. The Morgan fingerprint density at radius 2 is 2.00 bits per heavy atom. The molecule has 0 spiro atoms. The number of rotatable bonds is 6. The number of benzene rings is 1. The van der Waals surface area contributed by atoms with Crippen molar-refractivity contribution in [3.05, 3.63) is 29.8 Å². The molecule has 1 aromatic rings. The van der Waals surface area contributed by atoms with E-state index in [4.69, 9.17) is 14.7 Å². The molecule has 0 aromatic heterocycles. The molecule has 2 N–H and O–H groups in total. The van der Waals surface area contributed by atoms with Crippen LogP contribution in [0.25, 0.3) is 0 Å². The van der Waals surface area contributed by atoms with Crippen LogP contribution in [0.15, 0.2) is 24.3 Å². The maximum Gasteiger partial charge on any atom is 0.321 e. The number of carbonyl (C=O) groups is 2. The van der Waals surface area contributed by atoms with Crippen LogP contribution in [0, 0.1) is 11.3 Å². The Labute approximate surface area is 116 Å². The summed E-state index contributed by atoms with van der Waals surface area (Å²) in [5.41, 5.74) is 0.499. The van der Waals surface area contributed by atoms with Crippen LogP contribution in [0.3, 0.4) is 0 Å². The van der Waals surface area contributed by atoms with E-state index in [1.54, 1.807) is 24.3 Å². The SMILES string of the molecule is COCCNC(=O)NC(=O)COc1ccc(C#N)cc1. The molecule has 0 aliphatic carbocycles.